The molecule has 2 unspecified atom stereocenters. The van der Waals surface area contributed by atoms with E-state index in [1.54, 1.807) is 0 Å². The maximum Gasteiger partial charge on any atom is 0.298 e. The van der Waals surface area contributed by atoms with E-state index in [2.05, 4.69) is 148 Å². The first-order chi connectivity index (χ1) is 22.9. The highest BCUT2D eigenvalue weighted by Crippen LogP contribution is 2.43. The third-order valence-electron chi connectivity index (χ3n) is 9.35. The molecule has 1 aromatic heterocycles. The van der Waals surface area contributed by atoms with Crippen molar-refractivity contribution in [1.29, 1.82) is 0 Å². The van der Waals surface area contributed by atoms with Crippen molar-refractivity contribution >= 4 is 25.4 Å². The van der Waals surface area contributed by atoms with Crippen LogP contribution in [-0.4, -0.2) is 27.1 Å². The Morgan fingerprint density at radius 2 is 1.26 bits per heavy atom. The van der Waals surface area contributed by atoms with Crippen LogP contribution < -0.4 is 15.3 Å². The molecule has 0 fully saturated rings. The van der Waals surface area contributed by atoms with Gasteiger partial charge in [0, 0.05) is 18.2 Å². The second-order valence-electron chi connectivity index (χ2n) is 13.5. The van der Waals surface area contributed by atoms with Crippen molar-refractivity contribution in [2.24, 2.45) is 0 Å². The van der Waals surface area contributed by atoms with Gasteiger partial charge in [-0.25, -0.2) is 0 Å². The number of likely N-dealkylation sites (N-methyl/N-ethyl adjacent to an activating group) is 1. The normalized spacial score (nSPS) is 16.2. The fraction of sp³-hybridized carbons (Fsp3) is 0.214. The van der Waals surface area contributed by atoms with E-state index in [9.17, 15) is 0 Å². The largest absolute Gasteiger partial charge is 0.423 e. The number of benzene rings is 5. The molecule has 5 heteroatoms. The molecular formula is C42H42N2O2Si. The van der Waals surface area contributed by atoms with Crippen LogP contribution in [0.1, 0.15) is 50.0 Å². The Balaban J connectivity index is 1.35. The van der Waals surface area contributed by atoms with Gasteiger partial charge in [0.15, 0.2) is 5.76 Å². The van der Waals surface area contributed by atoms with Crippen molar-refractivity contribution in [1.82, 2.24) is 4.98 Å². The molecule has 0 saturated heterocycles. The Morgan fingerprint density at radius 3 is 1.83 bits per heavy atom. The minimum Gasteiger partial charge on any atom is -0.423 e. The Labute approximate surface area is 280 Å². The molecule has 236 valence electrons. The van der Waals surface area contributed by atoms with Gasteiger partial charge in [-0.1, -0.05) is 160 Å². The zero-order chi connectivity index (χ0) is 32.4. The number of aromatic nitrogens is 1. The highest BCUT2D eigenvalue weighted by molar-refractivity contribution is 6.80. The number of rotatable bonds is 8. The van der Waals surface area contributed by atoms with Crippen molar-refractivity contribution in [3.8, 4) is 22.6 Å². The molecule has 0 radical (unpaired) electrons. The van der Waals surface area contributed by atoms with Gasteiger partial charge in [0.25, 0.3) is 6.01 Å². The van der Waals surface area contributed by atoms with E-state index >= 15 is 0 Å². The van der Waals surface area contributed by atoms with E-state index in [1.165, 1.54) is 27.1 Å². The lowest BCUT2D eigenvalue weighted by atomic mass is 9.76. The van der Waals surface area contributed by atoms with Gasteiger partial charge in [-0.05, 0) is 45.3 Å². The first-order valence-corrected chi connectivity index (χ1v) is 18.2. The Morgan fingerprint density at radius 1 is 0.702 bits per heavy atom. The summed E-state index contributed by atoms with van der Waals surface area (Å²) < 4.78 is 14.3. The van der Waals surface area contributed by atoms with E-state index in [-0.39, 0.29) is 17.6 Å². The number of hydrogen-bond acceptors (Lipinski definition) is 4. The monoisotopic (exact) mass is 634 g/mol. The van der Waals surface area contributed by atoms with Crippen molar-refractivity contribution in [2.45, 2.75) is 51.2 Å². The van der Waals surface area contributed by atoms with Crippen LogP contribution in [0.15, 0.2) is 144 Å². The van der Waals surface area contributed by atoms with Crippen LogP contribution in [0, 0.1) is 0 Å². The van der Waals surface area contributed by atoms with Gasteiger partial charge in [0.1, 0.15) is 5.69 Å². The lowest BCUT2D eigenvalue weighted by molar-refractivity contribution is 0.159. The first kappa shape index (κ1) is 30.9. The van der Waals surface area contributed by atoms with Gasteiger partial charge in [0.2, 0.25) is 9.04 Å². The van der Waals surface area contributed by atoms with Gasteiger partial charge in [-0.2, -0.15) is 4.98 Å². The third-order valence-corrected chi connectivity index (χ3v) is 11.9. The molecule has 0 bridgehead atoms. The third kappa shape index (κ3) is 6.34. The van der Waals surface area contributed by atoms with Crippen molar-refractivity contribution in [3.63, 3.8) is 0 Å². The standard InChI is InChI=1S/C42H42N2O2Si/c1-42(2,3)36-27-17-26-35-34(36)28-29-37(40(35)46-47(32-22-13-7-14-23-32)33-24-15-8-16-25-33)44(4)41-43-38(30-18-9-5-10-19-30)39(45-41)31-20-11-6-12-21-31/h5-27,37,40,47H,28-29H2,1-4H3. The number of nitrogens with zero attached hydrogens (tertiary/aromatic N) is 2. The Hall–Kier alpha value is -4.71. The summed E-state index contributed by atoms with van der Waals surface area (Å²) in [7, 11) is 0.0275. The molecule has 4 nitrogen and oxygen atoms in total. The summed E-state index contributed by atoms with van der Waals surface area (Å²) in [5.74, 6) is 0.781. The molecule has 47 heavy (non-hydrogen) atoms. The lowest BCUT2D eigenvalue weighted by Gasteiger charge is -2.41. The van der Waals surface area contributed by atoms with Crippen LogP contribution in [0.25, 0.3) is 22.6 Å². The average molecular weight is 635 g/mol. The summed E-state index contributed by atoms with van der Waals surface area (Å²) in [6, 6.07) is 49.6. The highest BCUT2D eigenvalue weighted by Gasteiger charge is 2.39. The maximum absolute atomic E-state index is 7.55. The minimum atomic E-state index is -2.09. The maximum atomic E-state index is 7.55. The van der Waals surface area contributed by atoms with Crippen LogP contribution >= 0.6 is 0 Å². The molecule has 0 amide bonds. The molecule has 2 atom stereocenters. The predicted octanol–water partition coefficient (Wildman–Crippen LogP) is 8.35. The number of hydrogen-bond donors (Lipinski definition) is 0. The lowest BCUT2D eigenvalue weighted by Crippen LogP contribution is -2.50. The van der Waals surface area contributed by atoms with Crippen LogP contribution in [0.4, 0.5) is 6.01 Å². The summed E-state index contributed by atoms with van der Waals surface area (Å²) in [5, 5.41) is 2.54. The van der Waals surface area contributed by atoms with Crippen LogP contribution in [0.3, 0.4) is 0 Å². The van der Waals surface area contributed by atoms with Gasteiger partial charge >= 0.3 is 0 Å². The second-order valence-corrected chi connectivity index (χ2v) is 15.9. The Bertz CT molecular complexity index is 1820. The quantitative estimate of drug-likeness (QED) is 0.158. The molecule has 0 N–H and O–H groups in total. The summed E-state index contributed by atoms with van der Waals surface area (Å²) >= 11 is 0. The number of fused-ring (bicyclic) bond motifs is 1. The van der Waals surface area contributed by atoms with Gasteiger partial charge < -0.3 is 13.7 Å². The van der Waals surface area contributed by atoms with Gasteiger partial charge in [-0.15, -0.1) is 0 Å². The van der Waals surface area contributed by atoms with Crippen LogP contribution in [-0.2, 0) is 16.3 Å². The van der Waals surface area contributed by atoms with Crippen molar-refractivity contribution in [2.75, 3.05) is 11.9 Å². The summed E-state index contributed by atoms with van der Waals surface area (Å²) in [6.07, 6.45) is 1.73. The summed E-state index contributed by atoms with van der Waals surface area (Å²) in [4.78, 5) is 7.42. The minimum absolute atomic E-state index is 0.0195. The average Bonchev–Trinajstić information content (AvgIpc) is 3.57. The zero-order valence-corrected chi connectivity index (χ0v) is 28.8. The van der Waals surface area contributed by atoms with Gasteiger partial charge in [-0.3, -0.25) is 0 Å². The number of anilines is 1. The van der Waals surface area contributed by atoms with E-state index in [0.29, 0.717) is 6.01 Å². The number of oxazole rings is 1. The molecule has 0 saturated carbocycles. The molecule has 0 spiro atoms. The Kier molecular flexibility index (Phi) is 8.67. The molecule has 1 aliphatic carbocycles. The summed E-state index contributed by atoms with van der Waals surface area (Å²) in [6.45, 7) is 6.93. The van der Waals surface area contributed by atoms with Crippen molar-refractivity contribution in [3.05, 3.63) is 156 Å². The van der Waals surface area contributed by atoms with Gasteiger partial charge in [0.05, 0.1) is 12.1 Å². The second kappa shape index (κ2) is 13.2. The molecule has 7 rings (SSSR count). The topological polar surface area (TPSA) is 38.5 Å². The SMILES string of the molecule is CN(c1nc(-c2ccccc2)c(-c2ccccc2)o1)C1CCc2c(cccc2C(C)(C)C)C1O[SiH](c1ccccc1)c1ccccc1. The molecule has 6 aromatic rings. The van der Waals surface area contributed by atoms with E-state index in [4.69, 9.17) is 13.8 Å². The molecule has 1 aliphatic rings. The predicted molar refractivity (Wildman–Crippen MR) is 196 cm³/mol. The van der Waals surface area contributed by atoms with E-state index < -0.39 is 9.04 Å². The fourth-order valence-electron chi connectivity index (χ4n) is 6.99. The molecule has 1 heterocycles. The smallest absolute Gasteiger partial charge is 0.298 e. The molecular weight excluding hydrogens is 593 g/mol. The first-order valence-electron chi connectivity index (χ1n) is 16.6. The molecule has 0 aliphatic heterocycles. The summed E-state index contributed by atoms with van der Waals surface area (Å²) in [5.41, 5.74) is 7.03. The highest BCUT2D eigenvalue weighted by atomic mass is 28.3. The van der Waals surface area contributed by atoms with Crippen LogP contribution in [0.2, 0.25) is 0 Å². The van der Waals surface area contributed by atoms with Crippen LogP contribution in [0.5, 0.6) is 0 Å². The zero-order valence-electron chi connectivity index (χ0n) is 27.6. The van der Waals surface area contributed by atoms with E-state index in [1.807, 2.05) is 24.3 Å². The molecule has 5 aromatic carbocycles. The van der Waals surface area contributed by atoms with Crippen molar-refractivity contribution < 1.29 is 8.84 Å². The van der Waals surface area contributed by atoms with E-state index in [0.717, 1.165) is 35.4 Å². The fourth-order valence-corrected chi connectivity index (χ4v) is 9.46.